The molecule has 1 aromatic carbocycles. The maximum Gasteiger partial charge on any atom is 0.338 e. The SMILES string of the molecule is CCCCCCCCCOC(=O)c1cc(N)cc(OC)c1. The Morgan fingerprint density at radius 1 is 1.05 bits per heavy atom. The molecule has 0 aliphatic carbocycles. The second-order valence-electron chi connectivity index (χ2n) is 5.25. The van der Waals surface area contributed by atoms with Gasteiger partial charge in [0.15, 0.2) is 0 Å². The molecule has 1 aromatic rings. The highest BCUT2D eigenvalue weighted by Gasteiger charge is 2.09. The van der Waals surface area contributed by atoms with Crippen molar-refractivity contribution in [1.82, 2.24) is 0 Å². The lowest BCUT2D eigenvalue weighted by Crippen LogP contribution is -2.07. The van der Waals surface area contributed by atoms with Crippen LogP contribution in [0.1, 0.15) is 62.2 Å². The van der Waals surface area contributed by atoms with E-state index in [4.69, 9.17) is 15.2 Å². The third-order valence-electron chi connectivity index (χ3n) is 3.38. The van der Waals surface area contributed by atoms with Crippen LogP contribution < -0.4 is 10.5 Å². The lowest BCUT2D eigenvalue weighted by Gasteiger charge is -2.07. The molecule has 0 bridgehead atoms. The molecule has 0 saturated heterocycles. The minimum atomic E-state index is -0.341. The lowest BCUT2D eigenvalue weighted by atomic mass is 10.1. The first-order chi connectivity index (χ1) is 10.2. The van der Waals surface area contributed by atoms with Gasteiger partial charge >= 0.3 is 5.97 Å². The monoisotopic (exact) mass is 293 g/mol. The van der Waals surface area contributed by atoms with Gasteiger partial charge in [0.05, 0.1) is 19.3 Å². The molecule has 2 N–H and O–H groups in total. The fourth-order valence-electron chi connectivity index (χ4n) is 2.17. The van der Waals surface area contributed by atoms with E-state index in [2.05, 4.69) is 6.92 Å². The van der Waals surface area contributed by atoms with Crippen LogP contribution in [0.5, 0.6) is 5.75 Å². The van der Waals surface area contributed by atoms with Crippen molar-refractivity contribution in [1.29, 1.82) is 0 Å². The van der Waals surface area contributed by atoms with Crippen LogP contribution in [0.25, 0.3) is 0 Å². The third kappa shape index (κ3) is 7.02. The van der Waals surface area contributed by atoms with Gasteiger partial charge in [-0.3, -0.25) is 0 Å². The van der Waals surface area contributed by atoms with Gasteiger partial charge in [-0.2, -0.15) is 0 Å². The van der Waals surface area contributed by atoms with E-state index >= 15 is 0 Å². The number of hydrogen-bond donors (Lipinski definition) is 1. The van der Waals surface area contributed by atoms with Gasteiger partial charge < -0.3 is 15.2 Å². The standard InChI is InChI=1S/C17H27NO3/c1-3-4-5-6-7-8-9-10-21-17(19)14-11-15(18)13-16(12-14)20-2/h11-13H,3-10,18H2,1-2H3. The summed E-state index contributed by atoms with van der Waals surface area (Å²) in [4.78, 5) is 11.9. The highest BCUT2D eigenvalue weighted by molar-refractivity contribution is 5.91. The molecule has 118 valence electrons. The van der Waals surface area contributed by atoms with Crippen LogP contribution in [0, 0.1) is 0 Å². The Morgan fingerprint density at radius 3 is 2.38 bits per heavy atom. The highest BCUT2D eigenvalue weighted by Crippen LogP contribution is 2.19. The van der Waals surface area contributed by atoms with Crippen LogP contribution in [0.3, 0.4) is 0 Å². The van der Waals surface area contributed by atoms with Gasteiger partial charge in [-0.25, -0.2) is 4.79 Å². The van der Waals surface area contributed by atoms with Crippen LogP contribution in [0.4, 0.5) is 5.69 Å². The van der Waals surface area contributed by atoms with Crippen molar-refractivity contribution in [3.63, 3.8) is 0 Å². The molecule has 0 radical (unpaired) electrons. The summed E-state index contributed by atoms with van der Waals surface area (Å²) in [6, 6.07) is 4.92. The fourth-order valence-corrected chi connectivity index (χ4v) is 2.17. The molecule has 0 heterocycles. The van der Waals surface area contributed by atoms with E-state index in [1.165, 1.54) is 32.1 Å². The Morgan fingerprint density at radius 2 is 1.71 bits per heavy atom. The van der Waals surface area contributed by atoms with Crippen LogP contribution in [0.15, 0.2) is 18.2 Å². The fraction of sp³-hybridized carbons (Fsp3) is 0.588. The number of carbonyl (C=O) groups is 1. The van der Waals surface area contributed by atoms with E-state index in [-0.39, 0.29) is 5.97 Å². The predicted octanol–water partition coefficient (Wildman–Crippen LogP) is 4.18. The van der Waals surface area contributed by atoms with Crippen molar-refractivity contribution < 1.29 is 14.3 Å². The summed E-state index contributed by atoms with van der Waals surface area (Å²) < 4.78 is 10.3. The maximum atomic E-state index is 11.9. The van der Waals surface area contributed by atoms with Crippen molar-refractivity contribution >= 4 is 11.7 Å². The number of nitrogens with two attached hydrogens (primary N) is 1. The Bertz CT molecular complexity index is 432. The van der Waals surface area contributed by atoms with Crippen molar-refractivity contribution in [2.24, 2.45) is 0 Å². The molecule has 0 aromatic heterocycles. The molecule has 0 atom stereocenters. The maximum absolute atomic E-state index is 11.9. The zero-order valence-electron chi connectivity index (χ0n) is 13.2. The number of esters is 1. The summed E-state index contributed by atoms with van der Waals surface area (Å²) in [5, 5.41) is 0. The van der Waals surface area contributed by atoms with E-state index in [1.54, 1.807) is 25.3 Å². The Hall–Kier alpha value is -1.71. The molecule has 21 heavy (non-hydrogen) atoms. The summed E-state index contributed by atoms with van der Waals surface area (Å²) in [6.07, 6.45) is 8.39. The minimum Gasteiger partial charge on any atom is -0.497 e. The molecule has 0 spiro atoms. The molecule has 0 unspecified atom stereocenters. The van der Waals surface area contributed by atoms with Crippen molar-refractivity contribution in [2.45, 2.75) is 51.9 Å². The van der Waals surface area contributed by atoms with E-state index in [1.807, 2.05) is 0 Å². The number of carbonyl (C=O) groups excluding carboxylic acids is 1. The second-order valence-corrected chi connectivity index (χ2v) is 5.25. The molecule has 0 aliphatic heterocycles. The summed E-state index contributed by atoms with van der Waals surface area (Å²) in [5.41, 5.74) is 6.66. The number of rotatable bonds is 10. The Labute approximate surface area is 127 Å². The molecular weight excluding hydrogens is 266 g/mol. The molecule has 0 amide bonds. The van der Waals surface area contributed by atoms with Gasteiger partial charge in [-0.1, -0.05) is 45.4 Å². The number of methoxy groups -OCH3 is 1. The number of unbranched alkanes of at least 4 members (excludes halogenated alkanes) is 6. The summed E-state index contributed by atoms with van der Waals surface area (Å²) >= 11 is 0. The van der Waals surface area contributed by atoms with Crippen molar-refractivity contribution in [3.8, 4) is 5.75 Å². The first kappa shape index (κ1) is 17.3. The van der Waals surface area contributed by atoms with E-state index in [0.29, 0.717) is 23.6 Å². The van der Waals surface area contributed by atoms with Crippen LogP contribution in [-0.2, 0) is 4.74 Å². The number of benzene rings is 1. The zero-order valence-corrected chi connectivity index (χ0v) is 13.2. The van der Waals surface area contributed by atoms with Crippen LogP contribution >= 0.6 is 0 Å². The topological polar surface area (TPSA) is 61.5 Å². The first-order valence-electron chi connectivity index (χ1n) is 7.79. The Kier molecular flexibility index (Phi) is 8.32. The smallest absolute Gasteiger partial charge is 0.338 e. The molecular formula is C17H27NO3. The molecule has 0 saturated carbocycles. The highest BCUT2D eigenvalue weighted by atomic mass is 16.5. The average molecular weight is 293 g/mol. The normalized spacial score (nSPS) is 10.4. The molecule has 4 nitrogen and oxygen atoms in total. The molecule has 4 heteroatoms. The number of ether oxygens (including phenoxy) is 2. The molecule has 0 aliphatic rings. The number of hydrogen-bond acceptors (Lipinski definition) is 4. The Balaban J connectivity index is 2.23. The first-order valence-corrected chi connectivity index (χ1v) is 7.79. The third-order valence-corrected chi connectivity index (χ3v) is 3.38. The van der Waals surface area contributed by atoms with Crippen LogP contribution in [0.2, 0.25) is 0 Å². The van der Waals surface area contributed by atoms with Gasteiger partial charge in [-0.05, 0) is 18.6 Å². The predicted molar refractivity (Wildman–Crippen MR) is 85.7 cm³/mol. The number of nitrogen functional groups attached to an aromatic ring is 1. The van der Waals surface area contributed by atoms with E-state index in [0.717, 1.165) is 12.8 Å². The summed E-state index contributed by atoms with van der Waals surface area (Å²) in [7, 11) is 1.54. The zero-order chi connectivity index (χ0) is 15.5. The van der Waals surface area contributed by atoms with Gasteiger partial charge in [0.2, 0.25) is 0 Å². The second kappa shape index (κ2) is 10.1. The summed E-state index contributed by atoms with van der Waals surface area (Å²) in [6.45, 7) is 2.68. The molecule has 1 rings (SSSR count). The quantitative estimate of drug-likeness (QED) is 0.399. The average Bonchev–Trinajstić information content (AvgIpc) is 2.49. The van der Waals surface area contributed by atoms with Gasteiger partial charge in [0.1, 0.15) is 5.75 Å². The van der Waals surface area contributed by atoms with Crippen molar-refractivity contribution in [3.05, 3.63) is 23.8 Å². The van der Waals surface area contributed by atoms with Gasteiger partial charge in [0, 0.05) is 11.8 Å². The van der Waals surface area contributed by atoms with Gasteiger partial charge in [0.25, 0.3) is 0 Å². The number of anilines is 1. The van der Waals surface area contributed by atoms with Crippen LogP contribution in [-0.4, -0.2) is 19.7 Å². The van der Waals surface area contributed by atoms with E-state index < -0.39 is 0 Å². The van der Waals surface area contributed by atoms with Crippen molar-refractivity contribution in [2.75, 3.05) is 19.5 Å². The van der Waals surface area contributed by atoms with E-state index in [9.17, 15) is 4.79 Å². The minimum absolute atomic E-state index is 0.341. The molecule has 0 fully saturated rings. The largest absolute Gasteiger partial charge is 0.497 e. The van der Waals surface area contributed by atoms with Gasteiger partial charge in [-0.15, -0.1) is 0 Å². The lowest BCUT2D eigenvalue weighted by molar-refractivity contribution is 0.0497. The summed E-state index contributed by atoms with van der Waals surface area (Å²) in [5.74, 6) is 0.226.